The number of rotatable bonds is 4. The van der Waals surface area contributed by atoms with Gasteiger partial charge in [0, 0.05) is 6.04 Å². The number of benzene rings is 1. The van der Waals surface area contributed by atoms with E-state index in [0.717, 1.165) is 18.7 Å². The van der Waals surface area contributed by atoms with E-state index >= 15 is 0 Å². The molecule has 1 heterocycles. The molecule has 1 fully saturated rings. The summed E-state index contributed by atoms with van der Waals surface area (Å²) >= 11 is 0. The topological polar surface area (TPSA) is 41.5 Å². The molecular weight excluding hydrogens is 202 g/mol. The fraction of sp³-hybridized carbons (Fsp3) is 0.538. The van der Waals surface area contributed by atoms with Crippen LogP contribution in [0.25, 0.3) is 0 Å². The maximum atomic E-state index is 9.95. The lowest BCUT2D eigenvalue weighted by molar-refractivity contribution is 0.0639. The Labute approximate surface area is 96.4 Å². The van der Waals surface area contributed by atoms with Crippen molar-refractivity contribution < 1.29 is 9.84 Å². The fourth-order valence-electron chi connectivity index (χ4n) is 2.02. The Hall–Kier alpha value is -1.06. The molecule has 0 spiro atoms. The van der Waals surface area contributed by atoms with E-state index in [9.17, 15) is 5.11 Å². The monoisotopic (exact) mass is 221 g/mol. The molecule has 1 saturated heterocycles. The first-order valence-corrected chi connectivity index (χ1v) is 5.95. The Kier molecular flexibility index (Phi) is 4.19. The summed E-state index contributed by atoms with van der Waals surface area (Å²) in [6, 6.07) is 9.81. The zero-order valence-corrected chi connectivity index (χ0v) is 9.43. The quantitative estimate of drug-likeness (QED) is 0.811. The van der Waals surface area contributed by atoms with Crippen LogP contribution in [0.4, 0.5) is 0 Å². The van der Waals surface area contributed by atoms with Crippen molar-refractivity contribution in [1.29, 1.82) is 0 Å². The molecule has 0 bridgehead atoms. The highest BCUT2D eigenvalue weighted by Gasteiger charge is 2.21. The number of aliphatic hydroxyl groups excluding tert-OH is 1. The molecule has 2 N–H and O–H groups in total. The molecule has 1 aliphatic heterocycles. The van der Waals surface area contributed by atoms with Gasteiger partial charge < -0.3 is 15.2 Å². The highest BCUT2D eigenvalue weighted by Crippen LogP contribution is 2.13. The summed E-state index contributed by atoms with van der Waals surface area (Å²) < 4.78 is 5.53. The van der Waals surface area contributed by atoms with Gasteiger partial charge >= 0.3 is 0 Å². The first-order valence-electron chi connectivity index (χ1n) is 5.95. The first kappa shape index (κ1) is 11.4. The second-order valence-corrected chi connectivity index (χ2v) is 4.25. The molecule has 2 rings (SSSR count). The summed E-state index contributed by atoms with van der Waals surface area (Å²) in [4.78, 5) is 0. The van der Waals surface area contributed by atoms with E-state index in [1.54, 1.807) is 0 Å². The minimum atomic E-state index is -0.416. The van der Waals surface area contributed by atoms with Crippen LogP contribution in [0.1, 0.15) is 19.3 Å². The largest absolute Gasteiger partial charge is 0.491 e. The van der Waals surface area contributed by atoms with Gasteiger partial charge in [0.05, 0.1) is 0 Å². The summed E-state index contributed by atoms with van der Waals surface area (Å²) in [7, 11) is 0. The van der Waals surface area contributed by atoms with Crippen LogP contribution < -0.4 is 10.1 Å². The Morgan fingerprint density at radius 2 is 2.12 bits per heavy atom. The molecule has 16 heavy (non-hydrogen) atoms. The van der Waals surface area contributed by atoms with Crippen LogP contribution in [-0.4, -0.2) is 30.4 Å². The second kappa shape index (κ2) is 5.87. The van der Waals surface area contributed by atoms with Crippen LogP contribution in [0.5, 0.6) is 5.75 Å². The van der Waals surface area contributed by atoms with Crippen molar-refractivity contribution in [3.05, 3.63) is 30.3 Å². The van der Waals surface area contributed by atoms with E-state index in [1.807, 2.05) is 30.3 Å². The van der Waals surface area contributed by atoms with Gasteiger partial charge in [-0.25, -0.2) is 0 Å². The molecule has 3 nitrogen and oxygen atoms in total. The number of nitrogens with one attached hydrogen (secondary N) is 1. The highest BCUT2D eigenvalue weighted by atomic mass is 16.5. The van der Waals surface area contributed by atoms with Gasteiger partial charge in [-0.2, -0.15) is 0 Å². The fourth-order valence-corrected chi connectivity index (χ4v) is 2.02. The molecule has 0 unspecified atom stereocenters. The number of hydrogen-bond acceptors (Lipinski definition) is 3. The van der Waals surface area contributed by atoms with E-state index in [0.29, 0.717) is 6.61 Å². The standard InChI is InChI=1S/C13H19NO2/c15-13(12-8-4-5-9-14-12)10-16-11-6-2-1-3-7-11/h1-3,6-7,12-15H,4-5,8-10H2/t12-,13-/m0/s1. The summed E-state index contributed by atoms with van der Waals surface area (Å²) in [6.07, 6.45) is 3.03. The van der Waals surface area contributed by atoms with Gasteiger partial charge in [0.25, 0.3) is 0 Å². The molecule has 0 aliphatic carbocycles. The predicted molar refractivity (Wildman–Crippen MR) is 63.6 cm³/mol. The molecule has 0 aromatic heterocycles. The molecular formula is C13H19NO2. The Morgan fingerprint density at radius 1 is 1.31 bits per heavy atom. The Balaban J connectivity index is 1.76. The molecule has 0 radical (unpaired) electrons. The summed E-state index contributed by atoms with van der Waals surface area (Å²) in [5, 5.41) is 13.3. The van der Waals surface area contributed by atoms with Gasteiger partial charge in [0.15, 0.2) is 0 Å². The van der Waals surface area contributed by atoms with E-state index in [1.165, 1.54) is 12.8 Å². The van der Waals surface area contributed by atoms with Gasteiger partial charge in [-0.05, 0) is 31.5 Å². The zero-order chi connectivity index (χ0) is 11.2. The molecule has 0 amide bonds. The molecule has 1 aromatic rings. The lowest BCUT2D eigenvalue weighted by Crippen LogP contribution is -2.45. The summed E-state index contributed by atoms with van der Waals surface area (Å²) in [6.45, 7) is 1.37. The first-order chi connectivity index (χ1) is 7.86. The minimum absolute atomic E-state index is 0.192. The number of hydrogen-bond donors (Lipinski definition) is 2. The average molecular weight is 221 g/mol. The van der Waals surface area contributed by atoms with Crippen molar-refractivity contribution in [2.75, 3.05) is 13.2 Å². The molecule has 88 valence electrons. The molecule has 2 atom stereocenters. The highest BCUT2D eigenvalue weighted by molar-refractivity contribution is 5.20. The van der Waals surface area contributed by atoms with E-state index in [2.05, 4.69) is 5.32 Å². The molecule has 1 aromatic carbocycles. The van der Waals surface area contributed by atoms with Gasteiger partial charge in [-0.15, -0.1) is 0 Å². The van der Waals surface area contributed by atoms with Crippen molar-refractivity contribution in [2.45, 2.75) is 31.4 Å². The molecule has 1 aliphatic rings. The van der Waals surface area contributed by atoms with Gasteiger partial charge in [0.1, 0.15) is 18.5 Å². The third-order valence-electron chi connectivity index (χ3n) is 2.98. The van der Waals surface area contributed by atoms with Gasteiger partial charge in [0.2, 0.25) is 0 Å². The van der Waals surface area contributed by atoms with Crippen LogP contribution in [0.3, 0.4) is 0 Å². The molecule has 3 heteroatoms. The smallest absolute Gasteiger partial charge is 0.119 e. The van der Waals surface area contributed by atoms with E-state index in [4.69, 9.17) is 4.74 Å². The average Bonchev–Trinajstić information content (AvgIpc) is 2.38. The third kappa shape index (κ3) is 3.22. The van der Waals surface area contributed by atoms with E-state index in [-0.39, 0.29) is 6.04 Å². The number of piperidine rings is 1. The second-order valence-electron chi connectivity index (χ2n) is 4.25. The van der Waals surface area contributed by atoms with Crippen LogP contribution in [0.15, 0.2) is 30.3 Å². The number of aliphatic hydroxyl groups is 1. The van der Waals surface area contributed by atoms with Gasteiger partial charge in [-0.3, -0.25) is 0 Å². The lowest BCUT2D eigenvalue weighted by atomic mass is 10.0. The third-order valence-corrected chi connectivity index (χ3v) is 2.98. The van der Waals surface area contributed by atoms with Crippen molar-refractivity contribution in [3.63, 3.8) is 0 Å². The predicted octanol–water partition coefficient (Wildman–Crippen LogP) is 1.57. The maximum Gasteiger partial charge on any atom is 0.119 e. The number of ether oxygens (including phenoxy) is 1. The van der Waals surface area contributed by atoms with Crippen LogP contribution >= 0.6 is 0 Å². The van der Waals surface area contributed by atoms with Crippen LogP contribution in [0.2, 0.25) is 0 Å². The normalized spacial score (nSPS) is 22.7. The zero-order valence-electron chi connectivity index (χ0n) is 9.43. The molecule has 0 saturated carbocycles. The van der Waals surface area contributed by atoms with Crippen LogP contribution in [0, 0.1) is 0 Å². The van der Waals surface area contributed by atoms with E-state index < -0.39 is 6.10 Å². The maximum absolute atomic E-state index is 9.95. The van der Waals surface area contributed by atoms with Crippen LogP contribution in [-0.2, 0) is 0 Å². The summed E-state index contributed by atoms with van der Waals surface area (Å²) in [5.74, 6) is 0.817. The van der Waals surface area contributed by atoms with Crippen molar-refractivity contribution in [3.8, 4) is 5.75 Å². The Bertz CT molecular complexity index is 296. The van der Waals surface area contributed by atoms with Gasteiger partial charge in [-0.1, -0.05) is 24.6 Å². The summed E-state index contributed by atoms with van der Waals surface area (Å²) in [5.41, 5.74) is 0. The Morgan fingerprint density at radius 3 is 2.81 bits per heavy atom. The lowest BCUT2D eigenvalue weighted by Gasteiger charge is -2.27. The van der Waals surface area contributed by atoms with Crippen molar-refractivity contribution in [1.82, 2.24) is 5.32 Å². The van der Waals surface area contributed by atoms with Crippen molar-refractivity contribution in [2.24, 2.45) is 0 Å². The minimum Gasteiger partial charge on any atom is -0.491 e. The SMILES string of the molecule is O[C@@H](COc1ccccc1)[C@@H]1CCCCN1. The number of para-hydroxylation sites is 1. The van der Waals surface area contributed by atoms with Crippen molar-refractivity contribution >= 4 is 0 Å².